The number of aromatic amines is 1. The van der Waals surface area contributed by atoms with Crippen LogP contribution in [0.4, 0.5) is 4.39 Å². The molecule has 1 aromatic heterocycles. The van der Waals surface area contributed by atoms with Crippen molar-refractivity contribution < 1.29 is 4.39 Å². The first-order valence-electron chi connectivity index (χ1n) is 6.61. The van der Waals surface area contributed by atoms with Crippen LogP contribution < -0.4 is 0 Å². The topological polar surface area (TPSA) is 28.7 Å². The molecule has 3 aromatic rings. The molecule has 1 N–H and O–H groups in total. The number of halogens is 2. The molecule has 0 fully saturated rings. The third kappa shape index (κ3) is 3.50. The lowest BCUT2D eigenvalue weighted by Gasteiger charge is -2.18. The van der Waals surface area contributed by atoms with E-state index in [0.29, 0.717) is 12.0 Å². The van der Waals surface area contributed by atoms with Crippen molar-refractivity contribution in [3.05, 3.63) is 89.8 Å². The quantitative estimate of drug-likeness (QED) is 0.763. The highest BCUT2D eigenvalue weighted by Crippen LogP contribution is 2.29. The first-order valence-corrected chi connectivity index (χ1v) is 6.61. The zero-order valence-electron chi connectivity index (χ0n) is 11.4. The van der Waals surface area contributed by atoms with Gasteiger partial charge < -0.3 is 4.98 Å². The van der Waals surface area contributed by atoms with Crippen molar-refractivity contribution in [1.82, 2.24) is 9.97 Å². The number of hydrogen-bond donors (Lipinski definition) is 1. The molecule has 0 saturated heterocycles. The van der Waals surface area contributed by atoms with Gasteiger partial charge in [0.15, 0.2) is 0 Å². The van der Waals surface area contributed by atoms with Crippen LogP contribution in [0.1, 0.15) is 22.7 Å². The zero-order valence-corrected chi connectivity index (χ0v) is 12.2. The number of aromatic nitrogens is 2. The Morgan fingerprint density at radius 2 is 1.71 bits per heavy atom. The molecular weight excluding hydrogens is 287 g/mol. The van der Waals surface area contributed by atoms with Crippen LogP contribution in [0.15, 0.2) is 67.1 Å². The van der Waals surface area contributed by atoms with E-state index >= 15 is 0 Å². The Morgan fingerprint density at radius 1 is 1.00 bits per heavy atom. The van der Waals surface area contributed by atoms with Gasteiger partial charge >= 0.3 is 0 Å². The lowest BCUT2D eigenvalue weighted by atomic mass is 9.87. The molecule has 0 aliphatic rings. The fourth-order valence-electron chi connectivity index (χ4n) is 2.47. The Balaban J connectivity index is 0.00000161. The summed E-state index contributed by atoms with van der Waals surface area (Å²) in [4.78, 5) is 7.13. The predicted octanol–water partition coefficient (Wildman–Crippen LogP) is 4.35. The van der Waals surface area contributed by atoms with Crippen LogP contribution in [0.2, 0.25) is 0 Å². The van der Waals surface area contributed by atoms with Gasteiger partial charge in [-0.15, -0.1) is 12.4 Å². The maximum absolute atomic E-state index is 14.1. The number of nitrogens with one attached hydrogen (secondary N) is 1. The van der Waals surface area contributed by atoms with Gasteiger partial charge in [0, 0.05) is 24.2 Å². The number of rotatable bonds is 4. The fourth-order valence-corrected chi connectivity index (χ4v) is 2.47. The van der Waals surface area contributed by atoms with Gasteiger partial charge in [-0.1, -0.05) is 48.5 Å². The SMILES string of the molecule is Cl.Fc1ccccc1C(Cc1cnc[nH]1)c1ccccc1. The Hall–Kier alpha value is -2.13. The van der Waals surface area contributed by atoms with E-state index in [1.165, 1.54) is 6.07 Å². The van der Waals surface area contributed by atoms with Crippen molar-refractivity contribution in [3.63, 3.8) is 0 Å². The van der Waals surface area contributed by atoms with Gasteiger partial charge in [0.1, 0.15) is 5.82 Å². The third-order valence-electron chi connectivity index (χ3n) is 3.46. The molecule has 0 amide bonds. The number of nitrogens with zero attached hydrogens (tertiary/aromatic N) is 1. The van der Waals surface area contributed by atoms with Gasteiger partial charge in [0.2, 0.25) is 0 Å². The van der Waals surface area contributed by atoms with Crippen LogP contribution in [0, 0.1) is 5.82 Å². The van der Waals surface area contributed by atoms with E-state index in [2.05, 4.69) is 9.97 Å². The molecule has 0 spiro atoms. The first kappa shape index (κ1) is 15.3. The average molecular weight is 303 g/mol. The van der Waals surface area contributed by atoms with Gasteiger partial charge in [0.25, 0.3) is 0 Å². The second kappa shape index (κ2) is 7.04. The Morgan fingerprint density at radius 3 is 2.38 bits per heavy atom. The van der Waals surface area contributed by atoms with Crippen LogP contribution in [-0.2, 0) is 6.42 Å². The summed E-state index contributed by atoms with van der Waals surface area (Å²) < 4.78 is 14.1. The average Bonchev–Trinajstić information content (AvgIpc) is 3.00. The van der Waals surface area contributed by atoms with E-state index in [4.69, 9.17) is 0 Å². The molecule has 2 aromatic carbocycles. The summed E-state index contributed by atoms with van der Waals surface area (Å²) in [5, 5.41) is 0. The summed E-state index contributed by atoms with van der Waals surface area (Å²) in [6.45, 7) is 0. The van der Waals surface area contributed by atoms with Crippen molar-refractivity contribution in [2.24, 2.45) is 0 Å². The molecule has 0 aliphatic carbocycles. The first-order chi connectivity index (χ1) is 9.84. The fraction of sp³-hybridized carbons (Fsp3) is 0.118. The van der Waals surface area contributed by atoms with Gasteiger partial charge in [-0.3, -0.25) is 0 Å². The van der Waals surface area contributed by atoms with Crippen molar-refractivity contribution in [2.75, 3.05) is 0 Å². The molecule has 1 unspecified atom stereocenters. The Labute approximate surface area is 129 Å². The molecule has 0 saturated carbocycles. The maximum Gasteiger partial charge on any atom is 0.127 e. The summed E-state index contributed by atoms with van der Waals surface area (Å²) in [6, 6.07) is 17.0. The number of H-pyrrole nitrogens is 1. The monoisotopic (exact) mass is 302 g/mol. The van der Waals surface area contributed by atoms with Crippen LogP contribution in [0.3, 0.4) is 0 Å². The molecule has 0 bridgehead atoms. The van der Waals surface area contributed by atoms with Crippen molar-refractivity contribution >= 4 is 12.4 Å². The van der Waals surface area contributed by atoms with Gasteiger partial charge in [0.05, 0.1) is 6.33 Å². The van der Waals surface area contributed by atoms with E-state index in [9.17, 15) is 4.39 Å². The Bertz CT molecular complexity index is 668. The van der Waals surface area contributed by atoms with Gasteiger partial charge in [-0.05, 0) is 17.2 Å². The smallest absolute Gasteiger partial charge is 0.127 e. The molecule has 2 nitrogen and oxygen atoms in total. The molecule has 0 aliphatic heterocycles. The minimum absolute atomic E-state index is 0. The molecular formula is C17H16ClFN2. The normalized spacial score (nSPS) is 11.7. The highest BCUT2D eigenvalue weighted by atomic mass is 35.5. The molecule has 3 rings (SSSR count). The van der Waals surface area contributed by atoms with Gasteiger partial charge in [-0.25, -0.2) is 9.37 Å². The molecule has 1 heterocycles. The minimum Gasteiger partial charge on any atom is -0.348 e. The van der Waals surface area contributed by atoms with E-state index in [1.807, 2.05) is 42.5 Å². The van der Waals surface area contributed by atoms with Crippen molar-refractivity contribution in [1.29, 1.82) is 0 Å². The highest BCUT2D eigenvalue weighted by molar-refractivity contribution is 5.85. The molecule has 21 heavy (non-hydrogen) atoms. The van der Waals surface area contributed by atoms with E-state index in [1.54, 1.807) is 18.6 Å². The maximum atomic E-state index is 14.1. The second-order valence-corrected chi connectivity index (χ2v) is 4.77. The summed E-state index contributed by atoms with van der Waals surface area (Å²) in [5.74, 6) is -0.182. The second-order valence-electron chi connectivity index (χ2n) is 4.77. The van der Waals surface area contributed by atoms with Crippen LogP contribution in [0.25, 0.3) is 0 Å². The number of benzene rings is 2. The molecule has 0 radical (unpaired) electrons. The van der Waals surface area contributed by atoms with Crippen LogP contribution in [-0.4, -0.2) is 9.97 Å². The lowest BCUT2D eigenvalue weighted by molar-refractivity contribution is 0.594. The summed E-state index contributed by atoms with van der Waals surface area (Å²) in [5.41, 5.74) is 2.82. The largest absolute Gasteiger partial charge is 0.348 e. The molecule has 1 atom stereocenters. The standard InChI is InChI=1S/C17H15FN2.ClH/c18-17-9-5-4-8-15(17)16(10-14-11-19-12-20-14)13-6-2-1-3-7-13;/h1-9,11-12,16H,10H2,(H,19,20);1H. The van der Waals surface area contributed by atoms with E-state index in [-0.39, 0.29) is 24.1 Å². The lowest BCUT2D eigenvalue weighted by Crippen LogP contribution is -2.07. The van der Waals surface area contributed by atoms with Crippen molar-refractivity contribution in [2.45, 2.75) is 12.3 Å². The summed E-state index contributed by atoms with van der Waals surface area (Å²) in [6.07, 6.45) is 4.14. The number of imidazole rings is 1. The zero-order chi connectivity index (χ0) is 13.8. The van der Waals surface area contributed by atoms with Gasteiger partial charge in [-0.2, -0.15) is 0 Å². The third-order valence-corrected chi connectivity index (χ3v) is 3.46. The predicted molar refractivity (Wildman–Crippen MR) is 84.2 cm³/mol. The van der Waals surface area contributed by atoms with Crippen LogP contribution >= 0.6 is 12.4 Å². The van der Waals surface area contributed by atoms with E-state index in [0.717, 1.165) is 11.3 Å². The summed E-state index contributed by atoms with van der Waals surface area (Å²) in [7, 11) is 0. The summed E-state index contributed by atoms with van der Waals surface area (Å²) >= 11 is 0. The minimum atomic E-state index is -0.166. The Kier molecular flexibility index (Phi) is 5.12. The van der Waals surface area contributed by atoms with Crippen molar-refractivity contribution in [3.8, 4) is 0 Å². The number of hydrogen-bond acceptors (Lipinski definition) is 1. The highest BCUT2D eigenvalue weighted by Gasteiger charge is 2.18. The van der Waals surface area contributed by atoms with Crippen LogP contribution in [0.5, 0.6) is 0 Å². The van der Waals surface area contributed by atoms with E-state index < -0.39 is 0 Å². The molecule has 108 valence electrons. The molecule has 4 heteroatoms.